The maximum Gasteiger partial charge on any atom is 0.331 e. The lowest BCUT2D eigenvalue weighted by Crippen LogP contribution is -2.51. The first kappa shape index (κ1) is 31.0. The summed E-state index contributed by atoms with van der Waals surface area (Å²) in [5.74, 6) is 5.32. The van der Waals surface area contributed by atoms with Crippen molar-refractivity contribution in [2.75, 3.05) is 7.11 Å². The van der Waals surface area contributed by atoms with E-state index in [2.05, 4.69) is 59.8 Å². The fraction of sp³-hybridized carbons (Fsp3) is 0.658. The highest BCUT2D eigenvalue weighted by molar-refractivity contribution is 5.87. The summed E-state index contributed by atoms with van der Waals surface area (Å²) in [6.45, 7) is 14.7. The molecule has 1 N–H and O–H groups in total. The zero-order chi connectivity index (χ0) is 30.2. The van der Waals surface area contributed by atoms with Crippen LogP contribution >= 0.6 is 0 Å². The summed E-state index contributed by atoms with van der Waals surface area (Å²) in [7, 11) is 1.51. The Hall–Kier alpha value is -2.49. The molecule has 0 heterocycles. The number of carbonyl (C=O) groups excluding carboxylic acids is 1. The number of methoxy groups -OCH3 is 1. The molecular formula is C38H54O4. The van der Waals surface area contributed by atoms with Gasteiger partial charge in [-0.3, -0.25) is 0 Å². The Labute approximate surface area is 254 Å². The average Bonchev–Trinajstić information content (AvgIpc) is 3.32. The molecule has 0 aliphatic heterocycles. The molecule has 9 atom stereocenters. The molecule has 9 unspecified atom stereocenters. The van der Waals surface area contributed by atoms with Crippen molar-refractivity contribution in [3.05, 3.63) is 53.6 Å². The van der Waals surface area contributed by atoms with E-state index in [1.165, 1.54) is 50.9 Å². The molecule has 4 nitrogen and oxygen atoms in total. The van der Waals surface area contributed by atoms with Crippen LogP contribution < -0.4 is 4.74 Å². The van der Waals surface area contributed by atoms with Crippen LogP contribution in [-0.4, -0.2) is 24.3 Å². The molecule has 1 aromatic rings. The topological polar surface area (TPSA) is 55.8 Å². The van der Waals surface area contributed by atoms with Gasteiger partial charge < -0.3 is 14.6 Å². The van der Waals surface area contributed by atoms with E-state index in [4.69, 9.17) is 9.47 Å². The van der Waals surface area contributed by atoms with E-state index in [1.807, 2.05) is 0 Å². The van der Waals surface area contributed by atoms with Crippen molar-refractivity contribution >= 4 is 12.0 Å². The SMILES string of the molecule is COc1cc(C=CC(=O)OC2CCC3(C)C(=CCC4C3CCC3(C)C(C(C)C=CC(C)C(C)C)CCC43)C2)ccc1O. The molecule has 5 rings (SSSR count). The van der Waals surface area contributed by atoms with Crippen molar-refractivity contribution in [3.8, 4) is 11.5 Å². The van der Waals surface area contributed by atoms with Crippen molar-refractivity contribution in [2.45, 2.75) is 99.0 Å². The van der Waals surface area contributed by atoms with Crippen LogP contribution in [0.4, 0.5) is 0 Å². The van der Waals surface area contributed by atoms with Crippen LogP contribution in [0.3, 0.4) is 0 Å². The lowest BCUT2D eigenvalue weighted by molar-refractivity contribution is -0.145. The summed E-state index contributed by atoms with van der Waals surface area (Å²) in [4.78, 5) is 12.7. The van der Waals surface area contributed by atoms with Gasteiger partial charge in [-0.2, -0.15) is 0 Å². The molecule has 0 spiro atoms. The van der Waals surface area contributed by atoms with Gasteiger partial charge >= 0.3 is 5.97 Å². The largest absolute Gasteiger partial charge is 0.504 e. The lowest BCUT2D eigenvalue weighted by Gasteiger charge is -2.58. The first-order valence-corrected chi connectivity index (χ1v) is 16.6. The highest BCUT2D eigenvalue weighted by Gasteiger charge is 2.59. The van der Waals surface area contributed by atoms with Crippen LogP contribution in [0.1, 0.15) is 98.5 Å². The van der Waals surface area contributed by atoms with E-state index in [0.29, 0.717) is 28.9 Å². The van der Waals surface area contributed by atoms with Gasteiger partial charge in [0.1, 0.15) is 6.10 Å². The van der Waals surface area contributed by atoms with Gasteiger partial charge in [0.2, 0.25) is 0 Å². The summed E-state index contributed by atoms with van der Waals surface area (Å²) in [6, 6.07) is 5.03. The Morgan fingerprint density at radius 3 is 2.55 bits per heavy atom. The number of phenols is 1. The normalized spacial score (nSPS) is 35.8. The predicted octanol–water partition coefficient (Wildman–Crippen LogP) is 9.39. The van der Waals surface area contributed by atoms with Crippen molar-refractivity contribution in [3.63, 3.8) is 0 Å². The summed E-state index contributed by atoms with van der Waals surface area (Å²) in [5, 5.41) is 9.81. The van der Waals surface area contributed by atoms with Crippen LogP contribution in [0.15, 0.2) is 48.1 Å². The second-order valence-electron chi connectivity index (χ2n) is 14.9. The van der Waals surface area contributed by atoms with E-state index in [9.17, 15) is 9.90 Å². The third-order valence-corrected chi connectivity index (χ3v) is 12.4. The first-order valence-electron chi connectivity index (χ1n) is 16.6. The van der Waals surface area contributed by atoms with E-state index in [0.717, 1.165) is 48.5 Å². The molecule has 0 aromatic heterocycles. The van der Waals surface area contributed by atoms with E-state index in [-0.39, 0.29) is 23.2 Å². The second kappa shape index (κ2) is 12.2. The second-order valence-corrected chi connectivity index (χ2v) is 14.9. The average molecular weight is 575 g/mol. The van der Waals surface area contributed by atoms with Crippen LogP contribution in [0.25, 0.3) is 6.08 Å². The number of ether oxygens (including phenoxy) is 2. The van der Waals surface area contributed by atoms with Gasteiger partial charge in [0.25, 0.3) is 0 Å². The van der Waals surface area contributed by atoms with E-state index < -0.39 is 0 Å². The molecule has 1 aromatic carbocycles. The van der Waals surface area contributed by atoms with Crippen molar-refractivity contribution in [1.29, 1.82) is 0 Å². The molecule has 3 fully saturated rings. The smallest absolute Gasteiger partial charge is 0.331 e. The highest BCUT2D eigenvalue weighted by atomic mass is 16.5. The van der Waals surface area contributed by atoms with Crippen molar-refractivity contribution < 1.29 is 19.4 Å². The Morgan fingerprint density at radius 2 is 1.81 bits per heavy atom. The van der Waals surface area contributed by atoms with Crippen LogP contribution in [0.2, 0.25) is 0 Å². The number of aromatic hydroxyl groups is 1. The van der Waals surface area contributed by atoms with Gasteiger partial charge in [0.15, 0.2) is 11.5 Å². The molecule has 3 saturated carbocycles. The maximum absolute atomic E-state index is 12.7. The first-order chi connectivity index (χ1) is 20.0. The Bertz CT molecular complexity index is 1230. The Morgan fingerprint density at radius 1 is 1.02 bits per heavy atom. The monoisotopic (exact) mass is 574 g/mol. The Balaban J connectivity index is 1.22. The van der Waals surface area contributed by atoms with Crippen LogP contribution in [0, 0.1) is 52.3 Å². The molecule has 230 valence electrons. The number of fused-ring (bicyclic) bond motifs is 5. The van der Waals surface area contributed by atoms with Gasteiger partial charge in [0.05, 0.1) is 7.11 Å². The summed E-state index contributed by atoms with van der Waals surface area (Å²) >= 11 is 0. The molecule has 0 saturated heterocycles. The number of hydrogen-bond acceptors (Lipinski definition) is 4. The minimum absolute atomic E-state index is 0.0574. The zero-order valence-corrected chi connectivity index (χ0v) is 27.1. The van der Waals surface area contributed by atoms with Crippen LogP contribution in [-0.2, 0) is 9.53 Å². The molecular weight excluding hydrogens is 520 g/mol. The Kier molecular flexibility index (Phi) is 9.03. The van der Waals surface area contributed by atoms with Gasteiger partial charge in [-0.15, -0.1) is 0 Å². The van der Waals surface area contributed by atoms with Crippen molar-refractivity contribution in [1.82, 2.24) is 0 Å². The predicted molar refractivity (Wildman–Crippen MR) is 171 cm³/mol. The fourth-order valence-corrected chi connectivity index (χ4v) is 9.50. The number of hydrogen-bond donors (Lipinski definition) is 1. The fourth-order valence-electron chi connectivity index (χ4n) is 9.50. The van der Waals surface area contributed by atoms with E-state index >= 15 is 0 Å². The number of phenolic OH excluding ortho intramolecular Hbond substituents is 1. The number of rotatable bonds is 8. The van der Waals surface area contributed by atoms with Gasteiger partial charge in [-0.25, -0.2) is 4.79 Å². The van der Waals surface area contributed by atoms with Crippen molar-refractivity contribution in [2.24, 2.45) is 52.3 Å². The number of allylic oxidation sites excluding steroid dienone is 3. The molecule has 4 aliphatic carbocycles. The molecule has 0 radical (unpaired) electrons. The standard InChI is InChI=1S/C38H54O4/c1-24(2)25(3)8-9-26(4)31-14-15-32-30-13-12-28-23-29(18-20-37(28,5)33(30)19-21-38(31,32)6)42-36(40)17-11-27-10-16-34(39)35(22-27)41-7/h8-12,16-17,22,24-26,29-33,39H,13-15,18-21,23H2,1-7H3. The molecule has 42 heavy (non-hydrogen) atoms. The lowest BCUT2D eigenvalue weighted by atomic mass is 9.47. The maximum atomic E-state index is 12.7. The zero-order valence-electron chi connectivity index (χ0n) is 27.1. The summed E-state index contributed by atoms with van der Waals surface area (Å²) in [5.41, 5.74) is 3.01. The summed E-state index contributed by atoms with van der Waals surface area (Å²) < 4.78 is 11.1. The minimum Gasteiger partial charge on any atom is -0.504 e. The molecule has 4 aliphatic rings. The molecule has 0 amide bonds. The van der Waals surface area contributed by atoms with E-state index in [1.54, 1.807) is 24.3 Å². The third-order valence-electron chi connectivity index (χ3n) is 12.4. The quantitative estimate of drug-likeness (QED) is 0.191. The summed E-state index contributed by atoms with van der Waals surface area (Å²) in [6.07, 6.45) is 20.3. The highest BCUT2D eigenvalue weighted by Crippen LogP contribution is 2.67. The van der Waals surface area contributed by atoms with Crippen LogP contribution in [0.5, 0.6) is 11.5 Å². The minimum atomic E-state index is -0.304. The number of esters is 1. The molecule has 4 heteroatoms. The molecule has 0 bridgehead atoms. The van der Waals surface area contributed by atoms with Gasteiger partial charge in [0, 0.05) is 12.5 Å². The third kappa shape index (κ3) is 5.84. The van der Waals surface area contributed by atoms with Gasteiger partial charge in [-0.1, -0.05) is 71.4 Å². The number of carbonyl (C=O) groups is 1. The number of benzene rings is 1. The van der Waals surface area contributed by atoms with Gasteiger partial charge in [-0.05, 0) is 121 Å².